The van der Waals surface area contributed by atoms with Crippen molar-refractivity contribution in [3.05, 3.63) is 53.3 Å². The number of para-hydroxylation sites is 1. The van der Waals surface area contributed by atoms with Gasteiger partial charge in [-0.3, -0.25) is 9.51 Å². The van der Waals surface area contributed by atoms with E-state index in [4.69, 9.17) is 19.5 Å². The van der Waals surface area contributed by atoms with Crippen LogP contribution in [0.3, 0.4) is 0 Å². The Morgan fingerprint density at radius 1 is 1.27 bits per heavy atom. The molecular formula is C17H22N3O5P. The summed E-state index contributed by atoms with van der Waals surface area (Å²) in [6.45, 7) is 1.79. The molecule has 1 atom stereocenters. The van der Waals surface area contributed by atoms with Gasteiger partial charge in [0.25, 0.3) is 0 Å². The van der Waals surface area contributed by atoms with Crippen LogP contribution < -0.4 is 15.0 Å². The van der Waals surface area contributed by atoms with Crippen molar-refractivity contribution in [3.8, 4) is 11.5 Å². The minimum absolute atomic E-state index is 0.0308. The van der Waals surface area contributed by atoms with Crippen LogP contribution in [-0.4, -0.2) is 30.1 Å². The highest BCUT2D eigenvalue weighted by Gasteiger charge is 2.18. The van der Waals surface area contributed by atoms with E-state index in [0.29, 0.717) is 22.6 Å². The first-order valence-corrected chi connectivity index (χ1v) is 9.11. The topological polar surface area (TPSA) is 104 Å². The lowest BCUT2D eigenvalue weighted by molar-refractivity contribution is 0.170. The van der Waals surface area contributed by atoms with Crippen molar-refractivity contribution >= 4 is 14.3 Å². The first-order chi connectivity index (χ1) is 12.4. The highest BCUT2D eigenvalue weighted by atomic mass is 31.1. The van der Waals surface area contributed by atoms with Crippen LogP contribution in [0.5, 0.6) is 11.5 Å². The number of rotatable bonds is 7. The fourth-order valence-corrected chi connectivity index (χ4v) is 2.75. The zero-order valence-corrected chi connectivity index (χ0v) is 15.9. The van der Waals surface area contributed by atoms with E-state index in [2.05, 4.69) is 4.98 Å². The molecule has 9 heteroatoms. The van der Waals surface area contributed by atoms with Crippen LogP contribution >= 0.6 is 8.25 Å². The summed E-state index contributed by atoms with van der Waals surface area (Å²) in [7, 11) is 0.396. The minimum Gasteiger partial charge on any atom is -0.426 e. The molecule has 0 fully saturated rings. The third-order valence-electron chi connectivity index (χ3n) is 3.45. The Labute approximate surface area is 152 Å². The van der Waals surface area contributed by atoms with Gasteiger partial charge in [-0.15, -0.1) is 0 Å². The molecule has 1 heterocycles. The predicted octanol–water partition coefficient (Wildman–Crippen LogP) is 2.89. The van der Waals surface area contributed by atoms with Crippen molar-refractivity contribution in [3.63, 3.8) is 0 Å². The molecule has 26 heavy (non-hydrogen) atoms. The molecule has 0 aliphatic carbocycles. The molecule has 2 aromatic rings. The van der Waals surface area contributed by atoms with Gasteiger partial charge in [-0.2, -0.15) is 0 Å². The van der Waals surface area contributed by atoms with Crippen LogP contribution in [0.2, 0.25) is 0 Å². The van der Waals surface area contributed by atoms with Gasteiger partial charge < -0.3 is 19.9 Å². The first kappa shape index (κ1) is 19.9. The molecule has 2 N–H and O–H groups in total. The normalized spacial score (nSPS) is 11.7. The predicted molar refractivity (Wildman–Crippen MR) is 97.4 cm³/mol. The molecule has 1 aromatic heterocycles. The second kappa shape index (κ2) is 9.33. The van der Waals surface area contributed by atoms with Gasteiger partial charge in [-0.05, 0) is 19.1 Å². The number of hydrogen-bond donors (Lipinski definition) is 1. The van der Waals surface area contributed by atoms with Gasteiger partial charge >= 0.3 is 14.3 Å². The summed E-state index contributed by atoms with van der Waals surface area (Å²) in [4.78, 5) is 17.4. The van der Waals surface area contributed by atoms with Crippen molar-refractivity contribution in [1.82, 2.24) is 9.88 Å². The van der Waals surface area contributed by atoms with E-state index in [1.807, 2.05) is 6.07 Å². The van der Waals surface area contributed by atoms with E-state index >= 15 is 0 Å². The van der Waals surface area contributed by atoms with E-state index in [9.17, 15) is 9.36 Å². The van der Waals surface area contributed by atoms with Gasteiger partial charge in [0, 0.05) is 38.0 Å². The molecule has 1 unspecified atom stereocenters. The fourth-order valence-electron chi connectivity index (χ4n) is 2.09. The molecule has 0 saturated heterocycles. The zero-order valence-electron chi connectivity index (χ0n) is 14.9. The molecule has 0 aliphatic rings. The summed E-state index contributed by atoms with van der Waals surface area (Å²) < 4.78 is 27.9. The first-order valence-electron chi connectivity index (χ1n) is 7.88. The molecule has 0 radical (unpaired) electrons. The largest absolute Gasteiger partial charge is 0.426 e. The highest BCUT2D eigenvalue weighted by Crippen LogP contribution is 2.31. The maximum atomic E-state index is 12.0. The molecule has 0 spiro atoms. The van der Waals surface area contributed by atoms with E-state index in [0.717, 1.165) is 0 Å². The molecule has 0 aliphatic heterocycles. The number of amides is 1. The summed E-state index contributed by atoms with van der Waals surface area (Å²) in [5, 5.41) is 0. The molecule has 1 aromatic carbocycles. The smallest absolute Gasteiger partial charge is 0.414 e. The Kier molecular flexibility index (Phi) is 7.15. The maximum Gasteiger partial charge on any atom is 0.414 e. The zero-order chi connectivity index (χ0) is 19.1. The Bertz CT molecular complexity index is 783. The number of pyridine rings is 1. The number of ether oxygens (including phenoxy) is 1. The van der Waals surface area contributed by atoms with E-state index in [1.165, 1.54) is 4.90 Å². The van der Waals surface area contributed by atoms with Crippen molar-refractivity contribution in [2.45, 2.75) is 20.1 Å². The number of aryl methyl sites for hydroxylation is 1. The number of carbonyl (C=O) groups is 1. The van der Waals surface area contributed by atoms with Gasteiger partial charge in [-0.25, -0.2) is 9.36 Å². The average Bonchev–Trinajstić information content (AvgIpc) is 2.62. The summed E-state index contributed by atoms with van der Waals surface area (Å²) in [6, 6.07) is 8.73. The van der Waals surface area contributed by atoms with Crippen LogP contribution in [0.25, 0.3) is 0 Å². The molecule has 1 amide bonds. The molecular weight excluding hydrogens is 357 g/mol. The average molecular weight is 379 g/mol. The Morgan fingerprint density at radius 2 is 1.96 bits per heavy atom. The second-order valence-corrected chi connectivity index (χ2v) is 6.59. The second-order valence-electron chi connectivity index (χ2n) is 5.60. The summed E-state index contributed by atoms with van der Waals surface area (Å²) in [6.07, 6.45) is 1.02. The molecule has 2 rings (SSSR count). The summed E-state index contributed by atoms with van der Waals surface area (Å²) in [5.41, 5.74) is 7.49. The summed E-state index contributed by atoms with van der Waals surface area (Å²) in [5.74, 6) is 0.744. The molecule has 140 valence electrons. The number of nitrogens with zero attached hydrogens (tertiary/aromatic N) is 2. The minimum atomic E-state index is -2.76. The van der Waals surface area contributed by atoms with Crippen LogP contribution in [0, 0.1) is 6.92 Å². The number of benzene rings is 1. The van der Waals surface area contributed by atoms with Crippen molar-refractivity contribution in [2.75, 3.05) is 14.1 Å². The van der Waals surface area contributed by atoms with Gasteiger partial charge in [0.1, 0.15) is 5.75 Å². The standard InChI is InChI=1S/C17H22N3O5P/c1-12-16(24-17(21)20(2)3)15(9-18)13(10-19-12)11-23-26(22)25-14-7-5-4-6-8-14/h4-8,10,26H,9,11,18H2,1-3H3. The Hall–Kier alpha value is -2.41. The van der Waals surface area contributed by atoms with Crippen molar-refractivity contribution in [2.24, 2.45) is 5.73 Å². The van der Waals surface area contributed by atoms with Crippen molar-refractivity contribution in [1.29, 1.82) is 0 Å². The third kappa shape index (κ3) is 5.29. The lowest BCUT2D eigenvalue weighted by Crippen LogP contribution is -2.26. The van der Waals surface area contributed by atoms with Crippen LogP contribution in [0.15, 0.2) is 36.5 Å². The SMILES string of the molecule is Cc1ncc(CO[PH](=O)Oc2ccccc2)c(CN)c1OC(=O)N(C)C. The third-order valence-corrected chi connectivity index (χ3v) is 4.24. The van der Waals surface area contributed by atoms with Gasteiger partial charge in [0.05, 0.1) is 12.3 Å². The van der Waals surface area contributed by atoms with E-state index in [-0.39, 0.29) is 18.9 Å². The van der Waals surface area contributed by atoms with E-state index in [1.54, 1.807) is 51.5 Å². The number of carbonyl (C=O) groups excluding carboxylic acids is 1. The number of hydrogen-bond acceptors (Lipinski definition) is 7. The lowest BCUT2D eigenvalue weighted by Gasteiger charge is -2.17. The molecule has 0 bridgehead atoms. The Morgan fingerprint density at radius 3 is 2.58 bits per heavy atom. The summed E-state index contributed by atoms with van der Waals surface area (Å²) >= 11 is 0. The maximum absolute atomic E-state index is 12.0. The molecule has 8 nitrogen and oxygen atoms in total. The van der Waals surface area contributed by atoms with Crippen LogP contribution in [-0.2, 0) is 22.2 Å². The number of nitrogens with two attached hydrogens (primary N) is 1. The van der Waals surface area contributed by atoms with Gasteiger partial charge in [0.15, 0.2) is 5.75 Å². The number of aromatic nitrogens is 1. The quantitative estimate of drug-likeness (QED) is 0.738. The van der Waals surface area contributed by atoms with Crippen molar-refractivity contribution < 1.29 is 23.1 Å². The van der Waals surface area contributed by atoms with Gasteiger partial charge in [0.2, 0.25) is 0 Å². The van der Waals surface area contributed by atoms with E-state index < -0.39 is 14.3 Å². The van der Waals surface area contributed by atoms with Gasteiger partial charge in [-0.1, -0.05) is 18.2 Å². The fraction of sp³-hybridized carbons (Fsp3) is 0.294. The monoisotopic (exact) mass is 379 g/mol. The van der Waals surface area contributed by atoms with Crippen LogP contribution in [0.4, 0.5) is 4.79 Å². The highest BCUT2D eigenvalue weighted by molar-refractivity contribution is 7.33. The van der Waals surface area contributed by atoms with Crippen LogP contribution in [0.1, 0.15) is 16.8 Å². The Balaban J connectivity index is 2.11. The lowest BCUT2D eigenvalue weighted by atomic mass is 10.1. The molecule has 0 saturated carbocycles.